The lowest BCUT2D eigenvalue weighted by Crippen LogP contribution is -2.17. The largest absolute Gasteiger partial charge is 0.433 e. The summed E-state index contributed by atoms with van der Waals surface area (Å²) < 4.78 is 38.9. The molecule has 0 N–H and O–H groups in total. The third-order valence-electron chi connectivity index (χ3n) is 3.78. The van der Waals surface area contributed by atoms with Gasteiger partial charge < -0.3 is 0 Å². The molecular weight excluding hydrogens is 251 g/mol. The van der Waals surface area contributed by atoms with Gasteiger partial charge in [-0.2, -0.15) is 13.2 Å². The Bertz CT molecular complexity index is 419. The van der Waals surface area contributed by atoms with Crippen LogP contribution in [0.2, 0.25) is 0 Å². The molecule has 4 heteroatoms. The predicted octanol–water partition coefficient (Wildman–Crippen LogP) is 5.06. The number of halogens is 3. The van der Waals surface area contributed by atoms with Crippen LogP contribution in [-0.2, 0) is 11.6 Å². The van der Waals surface area contributed by atoms with Crippen molar-refractivity contribution in [1.82, 2.24) is 4.98 Å². The molecule has 0 amide bonds. The molecule has 1 aliphatic carbocycles. The normalized spacial score (nSPS) is 18.0. The maximum absolute atomic E-state index is 13.0. The zero-order valence-corrected chi connectivity index (χ0v) is 11.6. The molecule has 1 nitrogen and oxygen atoms in total. The van der Waals surface area contributed by atoms with Crippen molar-refractivity contribution in [3.63, 3.8) is 0 Å². The molecule has 1 saturated carbocycles. The molecule has 0 spiro atoms. The van der Waals surface area contributed by atoms with Crippen molar-refractivity contribution >= 4 is 0 Å². The molecule has 106 valence electrons. The van der Waals surface area contributed by atoms with E-state index in [4.69, 9.17) is 0 Å². The van der Waals surface area contributed by atoms with Gasteiger partial charge in [0.25, 0.3) is 0 Å². The van der Waals surface area contributed by atoms with Crippen LogP contribution in [0.25, 0.3) is 0 Å². The Balaban J connectivity index is 2.48. The molecule has 0 atom stereocenters. The first-order valence-corrected chi connectivity index (χ1v) is 6.77. The average Bonchev–Trinajstić information content (AvgIpc) is 2.79. The van der Waals surface area contributed by atoms with Crippen molar-refractivity contribution in [2.24, 2.45) is 0 Å². The second-order valence-electron chi connectivity index (χ2n) is 6.40. The molecule has 1 aromatic rings. The molecule has 1 aromatic heterocycles. The third kappa shape index (κ3) is 3.28. The van der Waals surface area contributed by atoms with Crippen LogP contribution in [0, 0.1) is 0 Å². The van der Waals surface area contributed by atoms with Crippen molar-refractivity contribution < 1.29 is 13.2 Å². The Kier molecular flexibility index (Phi) is 3.63. The zero-order valence-electron chi connectivity index (χ0n) is 11.6. The number of hydrogen-bond acceptors (Lipinski definition) is 1. The van der Waals surface area contributed by atoms with Gasteiger partial charge in [-0.15, -0.1) is 0 Å². The van der Waals surface area contributed by atoms with Gasteiger partial charge in [-0.05, 0) is 36.0 Å². The van der Waals surface area contributed by atoms with Crippen molar-refractivity contribution in [2.75, 3.05) is 0 Å². The molecule has 0 aliphatic heterocycles. The minimum atomic E-state index is -4.37. The quantitative estimate of drug-likeness (QED) is 0.696. The third-order valence-corrected chi connectivity index (χ3v) is 3.78. The SMILES string of the molecule is CC(C)(C)c1cc(C2CCCC2)nc(C(F)(F)F)c1. The van der Waals surface area contributed by atoms with Crippen LogP contribution in [0.4, 0.5) is 13.2 Å². The van der Waals surface area contributed by atoms with Crippen molar-refractivity contribution in [3.05, 3.63) is 29.1 Å². The van der Waals surface area contributed by atoms with E-state index in [-0.39, 0.29) is 11.3 Å². The van der Waals surface area contributed by atoms with Gasteiger partial charge >= 0.3 is 6.18 Å². The maximum Gasteiger partial charge on any atom is 0.433 e. The van der Waals surface area contributed by atoms with Gasteiger partial charge in [0.1, 0.15) is 5.69 Å². The van der Waals surface area contributed by atoms with Crippen LogP contribution in [0.3, 0.4) is 0 Å². The molecule has 1 fully saturated rings. The second-order valence-corrected chi connectivity index (χ2v) is 6.40. The van der Waals surface area contributed by atoms with E-state index in [0.717, 1.165) is 31.2 Å². The first-order valence-electron chi connectivity index (χ1n) is 6.77. The highest BCUT2D eigenvalue weighted by Gasteiger charge is 2.35. The number of pyridine rings is 1. The number of hydrogen-bond donors (Lipinski definition) is 0. The summed E-state index contributed by atoms with van der Waals surface area (Å²) in [4.78, 5) is 3.88. The lowest BCUT2D eigenvalue weighted by molar-refractivity contribution is -0.141. The molecule has 0 unspecified atom stereocenters. The Morgan fingerprint density at radius 3 is 2.11 bits per heavy atom. The van der Waals surface area contributed by atoms with Crippen molar-refractivity contribution in [3.8, 4) is 0 Å². The minimum absolute atomic E-state index is 0.198. The summed E-state index contributed by atoms with van der Waals surface area (Å²) in [6.07, 6.45) is -0.273. The Morgan fingerprint density at radius 1 is 1.05 bits per heavy atom. The number of nitrogens with zero attached hydrogens (tertiary/aromatic N) is 1. The molecule has 19 heavy (non-hydrogen) atoms. The first kappa shape index (κ1) is 14.4. The van der Waals surface area contributed by atoms with Gasteiger partial charge in [-0.25, -0.2) is 4.98 Å². The van der Waals surface area contributed by atoms with E-state index in [0.29, 0.717) is 5.69 Å². The van der Waals surface area contributed by atoms with Crippen LogP contribution < -0.4 is 0 Å². The number of alkyl halides is 3. The lowest BCUT2D eigenvalue weighted by atomic mass is 9.85. The highest BCUT2D eigenvalue weighted by Crippen LogP contribution is 2.38. The Labute approximate surface area is 112 Å². The summed E-state index contributed by atoms with van der Waals surface area (Å²) in [7, 11) is 0. The molecule has 0 radical (unpaired) electrons. The lowest BCUT2D eigenvalue weighted by Gasteiger charge is -2.22. The minimum Gasteiger partial charge on any atom is -0.248 e. The predicted molar refractivity (Wildman–Crippen MR) is 69.1 cm³/mol. The summed E-state index contributed by atoms with van der Waals surface area (Å²) in [6, 6.07) is 3.06. The fourth-order valence-corrected chi connectivity index (χ4v) is 2.56. The monoisotopic (exact) mass is 271 g/mol. The van der Waals surface area contributed by atoms with Gasteiger partial charge in [0, 0.05) is 11.6 Å². The second kappa shape index (κ2) is 4.80. The van der Waals surface area contributed by atoms with Crippen molar-refractivity contribution in [1.29, 1.82) is 0 Å². The van der Waals surface area contributed by atoms with E-state index in [9.17, 15) is 13.2 Å². The van der Waals surface area contributed by atoms with Crippen LogP contribution in [0.5, 0.6) is 0 Å². The van der Waals surface area contributed by atoms with E-state index >= 15 is 0 Å². The molecule has 0 bridgehead atoms. The van der Waals surface area contributed by atoms with Gasteiger partial charge in [-0.3, -0.25) is 0 Å². The highest BCUT2D eigenvalue weighted by atomic mass is 19.4. The molecule has 1 aliphatic rings. The molecule has 0 saturated heterocycles. The summed E-state index contributed by atoms with van der Waals surface area (Å²) in [5, 5.41) is 0. The smallest absolute Gasteiger partial charge is 0.248 e. The van der Waals surface area contributed by atoms with E-state index in [1.807, 2.05) is 26.8 Å². The molecule has 1 heterocycles. The maximum atomic E-state index is 13.0. The first-order chi connectivity index (χ1) is 8.68. The van der Waals surface area contributed by atoms with E-state index < -0.39 is 11.9 Å². The number of rotatable bonds is 1. The summed E-state index contributed by atoms with van der Waals surface area (Å²) >= 11 is 0. The average molecular weight is 271 g/mol. The zero-order chi connectivity index (χ0) is 14.3. The van der Waals surface area contributed by atoms with Crippen LogP contribution in [0.15, 0.2) is 12.1 Å². The van der Waals surface area contributed by atoms with Gasteiger partial charge in [-0.1, -0.05) is 33.6 Å². The fraction of sp³-hybridized carbons (Fsp3) is 0.667. The Hall–Kier alpha value is -1.06. The van der Waals surface area contributed by atoms with Crippen LogP contribution in [-0.4, -0.2) is 4.98 Å². The summed E-state index contributed by atoms with van der Waals surface area (Å²) in [5.41, 5.74) is 0.298. The summed E-state index contributed by atoms with van der Waals surface area (Å²) in [5.74, 6) is 0.198. The molecule has 0 aromatic carbocycles. The standard InChI is InChI=1S/C15H20F3N/c1-14(2,3)11-8-12(10-6-4-5-7-10)19-13(9-11)15(16,17)18/h8-10H,4-7H2,1-3H3. The van der Waals surface area contributed by atoms with E-state index in [2.05, 4.69) is 4.98 Å². The van der Waals surface area contributed by atoms with Gasteiger partial charge in [0.05, 0.1) is 0 Å². The van der Waals surface area contributed by atoms with E-state index in [1.54, 1.807) is 0 Å². The Morgan fingerprint density at radius 2 is 1.63 bits per heavy atom. The van der Waals surface area contributed by atoms with Crippen molar-refractivity contribution in [2.45, 2.75) is 64.0 Å². The topological polar surface area (TPSA) is 12.9 Å². The van der Waals surface area contributed by atoms with Crippen LogP contribution >= 0.6 is 0 Å². The summed E-state index contributed by atoms with van der Waals surface area (Å²) in [6.45, 7) is 5.79. The molecular formula is C15H20F3N. The molecule has 2 rings (SSSR count). The number of aromatic nitrogens is 1. The fourth-order valence-electron chi connectivity index (χ4n) is 2.56. The highest BCUT2D eigenvalue weighted by molar-refractivity contribution is 5.30. The van der Waals surface area contributed by atoms with Gasteiger partial charge in [0.2, 0.25) is 0 Å². The van der Waals surface area contributed by atoms with Crippen LogP contribution in [0.1, 0.15) is 69.3 Å². The van der Waals surface area contributed by atoms with E-state index in [1.165, 1.54) is 6.07 Å². The van der Waals surface area contributed by atoms with Gasteiger partial charge in [0.15, 0.2) is 0 Å².